The monoisotopic (exact) mass is 252 g/mol. The molecule has 1 aromatic rings. The maximum absolute atomic E-state index is 6.01. The molecule has 94 valence electrons. The number of aromatic nitrogens is 1. The predicted molar refractivity (Wildman–Crippen MR) is 73.7 cm³/mol. The molecule has 0 radical (unpaired) electrons. The molecule has 2 unspecified atom stereocenters. The molecular weight excluding hydrogens is 232 g/mol. The van der Waals surface area contributed by atoms with Crippen LogP contribution in [0.1, 0.15) is 31.5 Å². The summed E-state index contributed by atoms with van der Waals surface area (Å²) in [6.07, 6.45) is 3.25. The SMILES string of the molecule is Cc1cc(N2CC(C)CC(C)C2)c(CCl)cn1. The molecule has 0 aromatic carbocycles. The van der Waals surface area contributed by atoms with Crippen molar-refractivity contribution in [3.05, 3.63) is 23.5 Å². The summed E-state index contributed by atoms with van der Waals surface area (Å²) in [7, 11) is 0. The van der Waals surface area contributed by atoms with Gasteiger partial charge in [-0.25, -0.2) is 0 Å². The molecule has 0 N–H and O–H groups in total. The van der Waals surface area contributed by atoms with E-state index in [1.807, 2.05) is 13.1 Å². The summed E-state index contributed by atoms with van der Waals surface area (Å²) < 4.78 is 0. The Morgan fingerprint density at radius 3 is 2.59 bits per heavy atom. The van der Waals surface area contributed by atoms with E-state index in [9.17, 15) is 0 Å². The van der Waals surface area contributed by atoms with Crippen LogP contribution in [0.2, 0.25) is 0 Å². The summed E-state index contributed by atoms with van der Waals surface area (Å²) in [6, 6.07) is 2.17. The summed E-state index contributed by atoms with van der Waals surface area (Å²) in [6.45, 7) is 8.97. The molecule has 2 nitrogen and oxygen atoms in total. The van der Waals surface area contributed by atoms with Crippen LogP contribution in [0.3, 0.4) is 0 Å². The van der Waals surface area contributed by atoms with E-state index in [1.54, 1.807) is 0 Å². The van der Waals surface area contributed by atoms with Crippen LogP contribution in [0, 0.1) is 18.8 Å². The molecule has 0 aliphatic carbocycles. The summed E-state index contributed by atoms with van der Waals surface area (Å²) >= 11 is 6.01. The summed E-state index contributed by atoms with van der Waals surface area (Å²) in [5, 5.41) is 0. The molecular formula is C14H21ClN2. The number of alkyl halides is 1. The second-order valence-electron chi connectivity index (χ2n) is 5.44. The Labute approximate surface area is 109 Å². The Morgan fingerprint density at radius 2 is 2.00 bits per heavy atom. The van der Waals surface area contributed by atoms with Crippen molar-refractivity contribution >= 4 is 17.3 Å². The first kappa shape index (κ1) is 12.7. The lowest BCUT2D eigenvalue weighted by Gasteiger charge is -2.37. The molecule has 0 spiro atoms. The van der Waals surface area contributed by atoms with Gasteiger partial charge in [0.15, 0.2) is 0 Å². The van der Waals surface area contributed by atoms with E-state index in [2.05, 4.69) is 29.8 Å². The van der Waals surface area contributed by atoms with Crippen molar-refractivity contribution in [2.24, 2.45) is 11.8 Å². The van der Waals surface area contributed by atoms with Crippen molar-refractivity contribution in [3.63, 3.8) is 0 Å². The summed E-state index contributed by atoms with van der Waals surface area (Å²) in [5.74, 6) is 2.06. The quantitative estimate of drug-likeness (QED) is 0.748. The van der Waals surface area contributed by atoms with Gasteiger partial charge in [-0.15, -0.1) is 11.6 Å². The van der Waals surface area contributed by atoms with Crippen molar-refractivity contribution in [2.75, 3.05) is 18.0 Å². The average Bonchev–Trinajstić information content (AvgIpc) is 2.27. The number of anilines is 1. The molecule has 17 heavy (non-hydrogen) atoms. The normalized spacial score (nSPS) is 25.1. The number of pyridine rings is 1. The van der Waals surface area contributed by atoms with Gasteiger partial charge in [0, 0.05) is 36.2 Å². The van der Waals surface area contributed by atoms with Crippen molar-refractivity contribution in [1.82, 2.24) is 4.98 Å². The maximum Gasteiger partial charge on any atom is 0.0509 e. The predicted octanol–water partition coefficient (Wildman–Crippen LogP) is 3.61. The highest BCUT2D eigenvalue weighted by atomic mass is 35.5. The average molecular weight is 253 g/mol. The lowest BCUT2D eigenvalue weighted by Crippen LogP contribution is -2.39. The summed E-state index contributed by atoms with van der Waals surface area (Å²) in [4.78, 5) is 6.81. The minimum absolute atomic E-state index is 0.544. The Kier molecular flexibility index (Phi) is 3.93. The Morgan fingerprint density at radius 1 is 1.35 bits per heavy atom. The second kappa shape index (κ2) is 5.26. The minimum Gasteiger partial charge on any atom is -0.371 e. The Balaban J connectivity index is 2.28. The topological polar surface area (TPSA) is 16.1 Å². The highest BCUT2D eigenvalue weighted by molar-refractivity contribution is 6.17. The third-order valence-corrected chi connectivity index (χ3v) is 3.74. The molecule has 3 heteroatoms. The molecule has 2 heterocycles. The third-order valence-electron chi connectivity index (χ3n) is 3.45. The highest BCUT2D eigenvalue weighted by Gasteiger charge is 2.23. The number of aryl methyl sites for hydroxylation is 1. The highest BCUT2D eigenvalue weighted by Crippen LogP contribution is 2.29. The van der Waals surface area contributed by atoms with Crippen LogP contribution in [0.5, 0.6) is 0 Å². The van der Waals surface area contributed by atoms with E-state index in [0.29, 0.717) is 5.88 Å². The van der Waals surface area contributed by atoms with E-state index in [4.69, 9.17) is 11.6 Å². The van der Waals surface area contributed by atoms with Crippen LogP contribution in [0.15, 0.2) is 12.3 Å². The molecule has 0 saturated carbocycles. The number of rotatable bonds is 2. The van der Waals surface area contributed by atoms with Gasteiger partial charge in [-0.2, -0.15) is 0 Å². The zero-order valence-corrected chi connectivity index (χ0v) is 11.7. The van der Waals surface area contributed by atoms with Crippen molar-refractivity contribution < 1.29 is 0 Å². The molecule has 1 aliphatic heterocycles. The van der Waals surface area contributed by atoms with Crippen molar-refractivity contribution in [2.45, 2.75) is 33.1 Å². The number of halogens is 1. The molecule has 2 atom stereocenters. The molecule has 1 saturated heterocycles. The zero-order valence-electron chi connectivity index (χ0n) is 10.9. The van der Waals surface area contributed by atoms with E-state index in [-0.39, 0.29) is 0 Å². The standard InChI is InChI=1S/C14H21ClN2/c1-10-4-11(2)9-17(8-10)14-5-12(3)16-7-13(14)6-15/h5,7,10-11H,4,6,8-9H2,1-3H3. The van der Waals surface area contributed by atoms with Gasteiger partial charge in [0.1, 0.15) is 0 Å². The van der Waals surface area contributed by atoms with Crippen molar-refractivity contribution in [3.8, 4) is 0 Å². The second-order valence-corrected chi connectivity index (χ2v) is 5.71. The van der Waals surface area contributed by atoms with Gasteiger partial charge in [0.2, 0.25) is 0 Å². The number of hydrogen-bond donors (Lipinski definition) is 0. The number of nitrogens with zero attached hydrogens (tertiary/aromatic N) is 2. The lowest BCUT2D eigenvalue weighted by atomic mass is 9.91. The van der Waals surface area contributed by atoms with E-state index in [1.165, 1.54) is 12.1 Å². The van der Waals surface area contributed by atoms with Gasteiger partial charge in [0.25, 0.3) is 0 Å². The smallest absolute Gasteiger partial charge is 0.0509 e. The fourth-order valence-corrected chi connectivity index (χ4v) is 3.04. The first-order chi connectivity index (χ1) is 8.10. The van der Waals surface area contributed by atoms with E-state index >= 15 is 0 Å². The molecule has 0 amide bonds. The summed E-state index contributed by atoms with van der Waals surface area (Å²) in [5.41, 5.74) is 3.50. The van der Waals surface area contributed by atoms with Crippen LogP contribution in [0.25, 0.3) is 0 Å². The molecule has 0 bridgehead atoms. The lowest BCUT2D eigenvalue weighted by molar-refractivity contribution is 0.356. The van der Waals surface area contributed by atoms with Gasteiger partial charge in [0.05, 0.1) is 5.88 Å². The number of hydrogen-bond acceptors (Lipinski definition) is 2. The molecule has 2 rings (SSSR count). The van der Waals surface area contributed by atoms with Gasteiger partial charge < -0.3 is 4.90 Å². The van der Waals surface area contributed by atoms with Gasteiger partial charge in [-0.05, 0) is 31.2 Å². The molecule has 1 aromatic heterocycles. The van der Waals surface area contributed by atoms with E-state index in [0.717, 1.165) is 36.2 Å². The van der Waals surface area contributed by atoms with Crippen LogP contribution in [-0.4, -0.2) is 18.1 Å². The van der Waals surface area contributed by atoms with Crippen LogP contribution < -0.4 is 4.90 Å². The minimum atomic E-state index is 0.544. The Hall–Kier alpha value is -0.760. The molecule has 1 fully saturated rings. The largest absolute Gasteiger partial charge is 0.371 e. The van der Waals surface area contributed by atoms with Crippen LogP contribution in [-0.2, 0) is 5.88 Å². The first-order valence-electron chi connectivity index (χ1n) is 6.36. The van der Waals surface area contributed by atoms with Crippen LogP contribution >= 0.6 is 11.6 Å². The van der Waals surface area contributed by atoms with Crippen molar-refractivity contribution in [1.29, 1.82) is 0 Å². The first-order valence-corrected chi connectivity index (χ1v) is 6.90. The van der Waals surface area contributed by atoms with E-state index < -0.39 is 0 Å². The van der Waals surface area contributed by atoms with Gasteiger partial charge in [-0.3, -0.25) is 4.98 Å². The van der Waals surface area contributed by atoms with Gasteiger partial charge >= 0.3 is 0 Å². The third kappa shape index (κ3) is 2.92. The maximum atomic E-state index is 6.01. The Bertz CT molecular complexity index is 382. The fraction of sp³-hybridized carbons (Fsp3) is 0.643. The fourth-order valence-electron chi connectivity index (χ4n) is 2.83. The zero-order chi connectivity index (χ0) is 12.4. The van der Waals surface area contributed by atoms with Crippen LogP contribution in [0.4, 0.5) is 5.69 Å². The van der Waals surface area contributed by atoms with Gasteiger partial charge in [-0.1, -0.05) is 13.8 Å². The molecule has 1 aliphatic rings. The number of piperidine rings is 1.